The molecule has 5 unspecified atom stereocenters. The van der Waals surface area contributed by atoms with Crippen LogP contribution in [-0.4, -0.2) is 54.7 Å². The van der Waals surface area contributed by atoms with E-state index in [0.717, 1.165) is 6.42 Å². The quantitative estimate of drug-likeness (QED) is 0.590. The fourth-order valence-electron chi connectivity index (χ4n) is 4.14. The summed E-state index contributed by atoms with van der Waals surface area (Å²) in [5, 5.41) is 17.4. The Hall–Kier alpha value is -0.400. The van der Waals surface area contributed by atoms with Gasteiger partial charge in [0.2, 0.25) is 5.91 Å². The molecule has 28 heavy (non-hydrogen) atoms. The highest BCUT2D eigenvalue weighted by molar-refractivity contribution is 5.85. The predicted molar refractivity (Wildman–Crippen MR) is 114 cm³/mol. The lowest BCUT2D eigenvalue weighted by atomic mass is 9.82. The van der Waals surface area contributed by atoms with Crippen molar-refractivity contribution in [3.05, 3.63) is 0 Å². The molecule has 1 amide bonds. The SMILES string of the molecule is CC(=O)NC(CC1CCCCC1)C(O)C1COC(OCC(C)(C)C)C(C)N1.Cl. The van der Waals surface area contributed by atoms with E-state index in [2.05, 4.69) is 31.4 Å². The van der Waals surface area contributed by atoms with Crippen LogP contribution in [0.3, 0.4) is 0 Å². The predicted octanol–water partition coefficient (Wildman–Crippen LogP) is 3.01. The van der Waals surface area contributed by atoms with Crippen molar-refractivity contribution in [2.24, 2.45) is 11.3 Å². The molecule has 1 aliphatic heterocycles. The van der Waals surface area contributed by atoms with Gasteiger partial charge < -0.3 is 25.2 Å². The first-order valence-corrected chi connectivity index (χ1v) is 10.6. The second-order valence-electron chi connectivity index (χ2n) is 9.67. The van der Waals surface area contributed by atoms with Crippen molar-refractivity contribution >= 4 is 18.3 Å². The summed E-state index contributed by atoms with van der Waals surface area (Å²) < 4.78 is 11.8. The van der Waals surface area contributed by atoms with E-state index in [0.29, 0.717) is 19.1 Å². The molecule has 1 aliphatic carbocycles. The van der Waals surface area contributed by atoms with Crippen LogP contribution in [0.4, 0.5) is 0 Å². The summed E-state index contributed by atoms with van der Waals surface area (Å²) in [6.07, 6.45) is 6.02. The van der Waals surface area contributed by atoms with E-state index in [1.54, 1.807) is 0 Å². The Kier molecular flexibility index (Phi) is 10.7. The third-order valence-electron chi connectivity index (χ3n) is 5.53. The smallest absolute Gasteiger partial charge is 0.217 e. The number of amides is 1. The van der Waals surface area contributed by atoms with Gasteiger partial charge in [0.1, 0.15) is 0 Å². The number of morpholine rings is 1. The van der Waals surface area contributed by atoms with Crippen molar-refractivity contribution in [1.82, 2.24) is 10.6 Å². The van der Waals surface area contributed by atoms with Crippen molar-refractivity contribution in [2.75, 3.05) is 13.2 Å². The van der Waals surface area contributed by atoms with Crippen LogP contribution in [-0.2, 0) is 14.3 Å². The minimum atomic E-state index is -0.679. The number of rotatable bonds is 7. The van der Waals surface area contributed by atoms with Crippen molar-refractivity contribution in [3.8, 4) is 0 Å². The van der Waals surface area contributed by atoms with Crippen LogP contribution in [0.1, 0.15) is 73.1 Å². The lowest BCUT2D eigenvalue weighted by molar-refractivity contribution is -0.201. The van der Waals surface area contributed by atoms with Gasteiger partial charge in [-0.2, -0.15) is 0 Å². The van der Waals surface area contributed by atoms with Crippen molar-refractivity contribution < 1.29 is 19.4 Å². The van der Waals surface area contributed by atoms with Gasteiger partial charge in [-0.3, -0.25) is 4.79 Å². The first-order chi connectivity index (χ1) is 12.7. The summed E-state index contributed by atoms with van der Waals surface area (Å²) in [6, 6.07) is -0.478. The molecule has 0 spiro atoms. The third kappa shape index (κ3) is 8.54. The van der Waals surface area contributed by atoms with Crippen LogP contribution in [0.2, 0.25) is 0 Å². The van der Waals surface area contributed by atoms with Gasteiger partial charge in [-0.05, 0) is 24.7 Å². The molecule has 166 valence electrons. The highest BCUT2D eigenvalue weighted by atomic mass is 35.5. The number of hydrogen-bond donors (Lipinski definition) is 3. The van der Waals surface area contributed by atoms with Gasteiger partial charge in [-0.1, -0.05) is 52.9 Å². The number of halogens is 1. The van der Waals surface area contributed by atoms with Gasteiger partial charge in [-0.25, -0.2) is 0 Å². The number of hydrogen-bond acceptors (Lipinski definition) is 5. The topological polar surface area (TPSA) is 79.8 Å². The normalized spacial score (nSPS) is 28.9. The Balaban J connectivity index is 0.00000392. The monoisotopic (exact) mass is 420 g/mol. The lowest BCUT2D eigenvalue weighted by Crippen LogP contribution is -2.62. The first-order valence-electron chi connectivity index (χ1n) is 10.6. The average molecular weight is 421 g/mol. The average Bonchev–Trinajstić information content (AvgIpc) is 2.59. The zero-order valence-electron chi connectivity index (χ0n) is 18.2. The maximum atomic E-state index is 11.7. The van der Waals surface area contributed by atoms with Gasteiger partial charge in [0.25, 0.3) is 0 Å². The van der Waals surface area contributed by atoms with Gasteiger partial charge >= 0.3 is 0 Å². The fourth-order valence-corrected chi connectivity index (χ4v) is 4.14. The van der Waals surface area contributed by atoms with E-state index in [9.17, 15) is 9.90 Å². The molecule has 0 radical (unpaired) electrons. The molecule has 3 N–H and O–H groups in total. The van der Waals surface area contributed by atoms with Crippen molar-refractivity contribution in [1.29, 1.82) is 0 Å². The molecule has 0 aromatic rings. The zero-order chi connectivity index (χ0) is 20.0. The molecular formula is C21H41ClN2O4. The largest absolute Gasteiger partial charge is 0.389 e. The molecule has 0 aromatic carbocycles. The van der Waals surface area contributed by atoms with Gasteiger partial charge in [0.15, 0.2) is 6.29 Å². The summed E-state index contributed by atoms with van der Waals surface area (Å²) in [6.45, 7) is 10.9. The molecule has 2 rings (SSSR count). The zero-order valence-corrected chi connectivity index (χ0v) is 19.0. The fraction of sp³-hybridized carbons (Fsp3) is 0.952. The first kappa shape index (κ1) is 25.6. The second-order valence-corrected chi connectivity index (χ2v) is 9.67. The Morgan fingerprint density at radius 2 is 1.93 bits per heavy atom. The molecule has 2 fully saturated rings. The minimum Gasteiger partial charge on any atom is -0.389 e. The van der Waals surface area contributed by atoms with Crippen LogP contribution in [0.25, 0.3) is 0 Å². The molecule has 6 nitrogen and oxygen atoms in total. The molecular weight excluding hydrogens is 380 g/mol. The van der Waals surface area contributed by atoms with Crippen LogP contribution >= 0.6 is 12.4 Å². The minimum absolute atomic E-state index is 0. The van der Waals surface area contributed by atoms with E-state index in [1.807, 2.05) is 6.92 Å². The van der Waals surface area contributed by atoms with Crippen LogP contribution in [0.5, 0.6) is 0 Å². The van der Waals surface area contributed by atoms with E-state index in [1.165, 1.54) is 39.0 Å². The third-order valence-corrected chi connectivity index (χ3v) is 5.53. The van der Waals surface area contributed by atoms with E-state index >= 15 is 0 Å². The summed E-state index contributed by atoms with van der Waals surface area (Å²) in [4.78, 5) is 11.7. The van der Waals surface area contributed by atoms with Gasteiger partial charge in [-0.15, -0.1) is 12.4 Å². The molecule has 1 saturated heterocycles. The summed E-state index contributed by atoms with van der Waals surface area (Å²) in [7, 11) is 0. The lowest BCUT2D eigenvalue weighted by Gasteiger charge is -2.41. The van der Waals surface area contributed by atoms with Crippen LogP contribution in [0, 0.1) is 11.3 Å². The van der Waals surface area contributed by atoms with E-state index in [4.69, 9.17) is 9.47 Å². The molecule has 1 saturated carbocycles. The molecule has 2 aliphatic rings. The number of carbonyl (C=O) groups is 1. The molecule has 0 bridgehead atoms. The second kappa shape index (κ2) is 11.7. The van der Waals surface area contributed by atoms with Gasteiger partial charge in [0.05, 0.1) is 37.4 Å². The molecule has 7 heteroatoms. The highest BCUT2D eigenvalue weighted by Gasteiger charge is 2.37. The Bertz CT molecular complexity index is 466. The number of aliphatic hydroxyl groups is 1. The van der Waals surface area contributed by atoms with E-state index in [-0.39, 0.29) is 48.1 Å². The standard InChI is InChI=1S/C21H40N2O4.ClH/c1-14-20(27-13-21(3,4)5)26-12-18(22-14)19(25)17(23-15(2)24)11-16-9-7-6-8-10-16;/h14,16-20,22,25H,6-13H2,1-5H3,(H,23,24);1H. The summed E-state index contributed by atoms with van der Waals surface area (Å²) in [5.74, 6) is 0.487. The maximum absolute atomic E-state index is 11.7. The maximum Gasteiger partial charge on any atom is 0.217 e. The Morgan fingerprint density at radius 1 is 1.29 bits per heavy atom. The molecule has 5 atom stereocenters. The summed E-state index contributed by atoms with van der Waals surface area (Å²) >= 11 is 0. The number of aliphatic hydroxyl groups excluding tert-OH is 1. The van der Waals surface area contributed by atoms with Crippen molar-refractivity contribution in [3.63, 3.8) is 0 Å². The number of nitrogens with one attached hydrogen (secondary N) is 2. The van der Waals surface area contributed by atoms with Crippen molar-refractivity contribution in [2.45, 2.75) is 104 Å². The molecule has 1 heterocycles. The highest BCUT2D eigenvalue weighted by Crippen LogP contribution is 2.29. The number of ether oxygens (including phenoxy) is 2. The van der Waals surface area contributed by atoms with Crippen LogP contribution < -0.4 is 10.6 Å². The Morgan fingerprint density at radius 3 is 2.46 bits per heavy atom. The van der Waals surface area contributed by atoms with E-state index < -0.39 is 6.10 Å². The van der Waals surface area contributed by atoms with Gasteiger partial charge in [0, 0.05) is 6.92 Å². The molecule has 0 aromatic heterocycles. The van der Waals surface area contributed by atoms with Crippen LogP contribution in [0.15, 0.2) is 0 Å². The Labute approximate surface area is 176 Å². The summed E-state index contributed by atoms with van der Waals surface area (Å²) in [5.41, 5.74) is 0.0793. The number of carbonyl (C=O) groups excluding carboxylic acids is 1.